The van der Waals surface area contributed by atoms with Gasteiger partial charge in [0, 0.05) is 17.6 Å². The number of hydrogen-bond donors (Lipinski definition) is 2. The molecule has 0 rings (SSSR count). The zero-order chi connectivity index (χ0) is 18.6. The van der Waals surface area contributed by atoms with Crippen molar-refractivity contribution in [3.8, 4) is 0 Å². The molecule has 0 aliphatic carbocycles. The Balaban J connectivity index is 3.21. The van der Waals surface area contributed by atoms with E-state index in [2.05, 4.69) is 9.43 Å². The second-order valence-electron chi connectivity index (χ2n) is 4.61. The SMILES string of the molecule is CC(=O)[SH](CCOCCOCCOCCOCCOCCO)N=[N+]=[N-]. The molecule has 0 fully saturated rings. The molecule has 0 radical (unpaired) electrons. The van der Waals surface area contributed by atoms with Gasteiger partial charge in [-0.05, 0) is 10.1 Å². The topological polar surface area (TPSA) is 132 Å². The van der Waals surface area contributed by atoms with Gasteiger partial charge in [0.2, 0.25) is 0 Å². The molecule has 0 aromatic rings. The molecular formula is C14H29N3O7S. The Labute approximate surface area is 150 Å². The number of rotatable bonds is 18. The maximum absolute atomic E-state index is 11.2. The number of thiol groups is 1. The molecule has 0 aliphatic heterocycles. The molecule has 0 bridgehead atoms. The number of ether oxygens (including phenoxy) is 5. The summed E-state index contributed by atoms with van der Waals surface area (Å²) in [6.45, 7) is 5.79. The summed E-state index contributed by atoms with van der Waals surface area (Å²) in [6, 6.07) is 0. The lowest BCUT2D eigenvalue weighted by molar-refractivity contribution is -0.109. The molecule has 10 nitrogen and oxygen atoms in total. The number of carbonyl (C=O) groups is 1. The molecule has 11 heteroatoms. The molecule has 1 N–H and O–H groups in total. The first-order valence-corrected chi connectivity index (χ1v) is 9.53. The molecule has 148 valence electrons. The molecule has 0 amide bonds. The van der Waals surface area contributed by atoms with Gasteiger partial charge in [0.25, 0.3) is 0 Å². The van der Waals surface area contributed by atoms with E-state index >= 15 is 0 Å². The van der Waals surface area contributed by atoms with Gasteiger partial charge in [-0.1, -0.05) is 0 Å². The lowest BCUT2D eigenvalue weighted by Crippen LogP contribution is -2.14. The third-order valence-corrected chi connectivity index (χ3v) is 4.31. The van der Waals surface area contributed by atoms with E-state index in [4.69, 9.17) is 34.3 Å². The van der Waals surface area contributed by atoms with Crippen LogP contribution in [0.2, 0.25) is 0 Å². The Kier molecular flexibility index (Phi) is 18.7. The van der Waals surface area contributed by atoms with Gasteiger partial charge in [-0.3, -0.25) is 4.79 Å². The van der Waals surface area contributed by atoms with Gasteiger partial charge in [-0.15, -0.1) is 11.1 Å². The largest absolute Gasteiger partial charge is 0.394 e. The van der Waals surface area contributed by atoms with Crippen LogP contribution in [0.1, 0.15) is 6.92 Å². The number of carbonyl (C=O) groups excluding carboxylic acids is 1. The number of hydrogen-bond acceptors (Lipinski definition) is 8. The maximum Gasteiger partial charge on any atom is 0.172 e. The first kappa shape index (κ1) is 24.1. The van der Waals surface area contributed by atoms with E-state index in [1.54, 1.807) is 0 Å². The molecule has 0 aromatic carbocycles. The summed E-state index contributed by atoms with van der Waals surface area (Å²) in [4.78, 5) is 13.8. The number of azide groups is 1. The molecule has 25 heavy (non-hydrogen) atoms. The highest BCUT2D eigenvalue weighted by molar-refractivity contribution is 8.28. The van der Waals surface area contributed by atoms with E-state index in [-0.39, 0.29) is 11.7 Å². The van der Waals surface area contributed by atoms with Crippen molar-refractivity contribution in [2.45, 2.75) is 6.92 Å². The van der Waals surface area contributed by atoms with Crippen molar-refractivity contribution in [1.82, 2.24) is 0 Å². The van der Waals surface area contributed by atoms with Crippen molar-refractivity contribution in [2.24, 2.45) is 4.52 Å². The fraction of sp³-hybridized carbons (Fsp3) is 0.929. The van der Waals surface area contributed by atoms with Crippen molar-refractivity contribution >= 4 is 16.2 Å². The average molecular weight is 383 g/mol. The summed E-state index contributed by atoms with van der Waals surface area (Å²) in [5.74, 6) is 0.433. The van der Waals surface area contributed by atoms with Crippen molar-refractivity contribution in [3.05, 3.63) is 10.4 Å². The number of aliphatic hydroxyl groups is 1. The molecule has 0 heterocycles. The van der Waals surface area contributed by atoms with Crippen molar-refractivity contribution in [3.63, 3.8) is 0 Å². The van der Waals surface area contributed by atoms with E-state index in [0.29, 0.717) is 71.8 Å². The van der Waals surface area contributed by atoms with E-state index in [1.165, 1.54) is 6.92 Å². The Hall–Kier alpha value is -0.910. The molecule has 0 spiro atoms. The van der Waals surface area contributed by atoms with E-state index in [9.17, 15) is 4.79 Å². The highest BCUT2D eigenvalue weighted by Crippen LogP contribution is 2.27. The third kappa shape index (κ3) is 17.7. The van der Waals surface area contributed by atoms with Crippen LogP contribution in [0.25, 0.3) is 10.4 Å². The van der Waals surface area contributed by atoms with Crippen LogP contribution < -0.4 is 0 Å². The van der Waals surface area contributed by atoms with Gasteiger partial charge in [-0.2, -0.15) is 0 Å². The van der Waals surface area contributed by atoms with Gasteiger partial charge in [-0.25, -0.2) is 0 Å². The molecule has 0 aromatic heterocycles. The monoisotopic (exact) mass is 383 g/mol. The Bertz CT molecular complexity index is 368. The summed E-state index contributed by atoms with van der Waals surface area (Å²) in [5.41, 5.74) is 8.35. The third-order valence-electron chi connectivity index (χ3n) is 2.68. The minimum atomic E-state index is -1.31. The van der Waals surface area contributed by atoms with Crippen LogP contribution in [0.5, 0.6) is 0 Å². The van der Waals surface area contributed by atoms with Crippen LogP contribution in [0.3, 0.4) is 0 Å². The molecule has 0 saturated heterocycles. The number of nitrogens with zero attached hydrogens (tertiary/aromatic N) is 3. The lowest BCUT2D eigenvalue weighted by Gasteiger charge is -2.11. The summed E-state index contributed by atoms with van der Waals surface area (Å²) in [6.07, 6.45) is 0. The maximum atomic E-state index is 11.2. The van der Waals surface area contributed by atoms with Crippen LogP contribution in [-0.4, -0.2) is 88.7 Å². The van der Waals surface area contributed by atoms with Gasteiger partial charge in [0.05, 0.1) is 72.7 Å². The van der Waals surface area contributed by atoms with Crippen LogP contribution in [0.15, 0.2) is 4.52 Å². The summed E-state index contributed by atoms with van der Waals surface area (Å²) >= 11 is -1.31. The molecule has 1 unspecified atom stereocenters. The second kappa shape index (κ2) is 19.4. The first-order chi connectivity index (χ1) is 12.2. The summed E-state index contributed by atoms with van der Waals surface area (Å²) in [7, 11) is 0. The molecule has 0 saturated carbocycles. The molecule has 0 aliphatic rings. The highest BCUT2D eigenvalue weighted by atomic mass is 32.2. The van der Waals surface area contributed by atoms with Crippen molar-refractivity contribution in [1.29, 1.82) is 0 Å². The van der Waals surface area contributed by atoms with Crippen LogP contribution >= 0.6 is 11.1 Å². The van der Waals surface area contributed by atoms with Crippen molar-refractivity contribution < 1.29 is 33.6 Å². The molecule has 1 atom stereocenters. The van der Waals surface area contributed by atoms with Gasteiger partial charge < -0.3 is 28.8 Å². The Morgan fingerprint density at radius 2 is 1.28 bits per heavy atom. The van der Waals surface area contributed by atoms with Gasteiger partial charge in [0.1, 0.15) is 0 Å². The first-order valence-electron chi connectivity index (χ1n) is 8.05. The normalized spacial score (nSPS) is 12.6. The predicted molar refractivity (Wildman–Crippen MR) is 94.9 cm³/mol. The van der Waals surface area contributed by atoms with E-state index in [1.807, 2.05) is 0 Å². The standard InChI is InChI=1S/C14H29N3O7S/c1-14(19)25(17-16-15)13-12-24-11-10-23-9-8-22-7-6-21-5-4-20-3-2-18/h18,25H,2-13H2,1H3. The Morgan fingerprint density at radius 3 is 1.64 bits per heavy atom. The van der Waals surface area contributed by atoms with Crippen molar-refractivity contribution in [2.75, 3.05) is 78.4 Å². The van der Waals surface area contributed by atoms with Gasteiger partial charge >= 0.3 is 0 Å². The summed E-state index contributed by atoms with van der Waals surface area (Å²) < 4.78 is 29.7. The quantitative estimate of drug-likeness (QED) is 0.118. The minimum absolute atomic E-state index is 0.0175. The minimum Gasteiger partial charge on any atom is -0.394 e. The van der Waals surface area contributed by atoms with Crippen LogP contribution in [0, 0.1) is 0 Å². The smallest absolute Gasteiger partial charge is 0.172 e. The highest BCUT2D eigenvalue weighted by Gasteiger charge is 2.06. The Morgan fingerprint density at radius 1 is 0.880 bits per heavy atom. The van der Waals surface area contributed by atoms with E-state index < -0.39 is 11.1 Å². The van der Waals surface area contributed by atoms with Crippen LogP contribution in [-0.2, 0) is 28.5 Å². The fourth-order valence-electron chi connectivity index (χ4n) is 1.51. The predicted octanol–water partition coefficient (Wildman–Crippen LogP) is 0.835. The van der Waals surface area contributed by atoms with Gasteiger partial charge in [0.15, 0.2) is 5.12 Å². The zero-order valence-electron chi connectivity index (χ0n) is 14.7. The lowest BCUT2D eigenvalue weighted by atomic mass is 10.7. The fourth-order valence-corrected chi connectivity index (χ4v) is 2.44. The number of aliphatic hydroxyl groups excluding tert-OH is 1. The zero-order valence-corrected chi connectivity index (χ0v) is 15.6. The average Bonchev–Trinajstić information content (AvgIpc) is 2.60. The second-order valence-corrected chi connectivity index (χ2v) is 6.66. The molecular weight excluding hydrogens is 354 g/mol. The van der Waals surface area contributed by atoms with Crippen LogP contribution in [0.4, 0.5) is 0 Å². The van der Waals surface area contributed by atoms with E-state index in [0.717, 1.165) is 0 Å². The summed E-state index contributed by atoms with van der Waals surface area (Å²) in [5, 5.41) is 8.39.